The molecule has 0 bridgehead atoms. The number of nitrogens with zero attached hydrogens (tertiary/aromatic N) is 5. The molecule has 3 heterocycles. The molecule has 2 fully saturated rings. The van der Waals surface area contributed by atoms with E-state index >= 15 is 0 Å². The summed E-state index contributed by atoms with van der Waals surface area (Å²) in [7, 11) is -3.72. The van der Waals surface area contributed by atoms with Crippen LogP contribution in [0.4, 0.5) is 26.0 Å². The second-order valence-corrected chi connectivity index (χ2v) is 14.2. The van der Waals surface area contributed by atoms with Gasteiger partial charge in [0, 0.05) is 29.5 Å². The van der Waals surface area contributed by atoms with Crippen molar-refractivity contribution in [3.63, 3.8) is 0 Å². The molecule has 2 N–H and O–H groups in total. The fourth-order valence-corrected chi connectivity index (χ4v) is 7.42. The third kappa shape index (κ3) is 5.20. The van der Waals surface area contributed by atoms with Crippen molar-refractivity contribution in [3.05, 3.63) is 42.0 Å². The summed E-state index contributed by atoms with van der Waals surface area (Å²) in [5.41, 5.74) is 3.30. The fourth-order valence-electron chi connectivity index (χ4n) is 4.67. The maximum absolute atomic E-state index is 13.9. The van der Waals surface area contributed by atoms with Gasteiger partial charge in [0.2, 0.25) is 5.91 Å². The van der Waals surface area contributed by atoms with E-state index in [0.717, 1.165) is 43.2 Å². The third-order valence-corrected chi connectivity index (χ3v) is 10.2. The summed E-state index contributed by atoms with van der Waals surface area (Å²) >= 11 is 1.97. The Kier molecular flexibility index (Phi) is 7.06. The number of hydrogen-bond acceptors (Lipinski definition) is 7. The van der Waals surface area contributed by atoms with Crippen LogP contribution in [0.5, 0.6) is 0 Å². The highest BCUT2D eigenvalue weighted by Gasteiger charge is 2.31. The predicted molar refractivity (Wildman–Crippen MR) is 159 cm³/mol. The van der Waals surface area contributed by atoms with Gasteiger partial charge >= 0.3 is 0 Å². The van der Waals surface area contributed by atoms with Crippen molar-refractivity contribution in [2.45, 2.75) is 50.0 Å². The van der Waals surface area contributed by atoms with Crippen molar-refractivity contribution in [1.82, 2.24) is 24.1 Å². The minimum absolute atomic E-state index is 0.0291. The Labute approximate surface area is 243 Å². The number of halogens is 3. The van der Waals surface area contributed by atoms with Crippen molar-refractivity contribution in [3.8, 4) is 11.1 Å². The number of carbonyl (C=O) groups excluding carboxylic acids is 1. The molecular formula is C25H25F2IN7O3PS. The molecule has 1 unspecified atom stereocenters. The summed E-state index contributed by atoms with van der Waals surface area (Å²) in [5, 5.41) is 10.4. The van der Waals surface area contributed by atoms with E-state index in [1.165, 1.54) is 10.4 Å². The van der Waals surface area contributed by atoms with Crippen LogP contribution in [0.1, 0.15) is 49.7 Å². The number of sulfone groups is 1. The van der Waals surface area contributed by atoms with E-state index in [1.54, 1.807) is 24.4 Å². The van der Waals surface area contributed by atoms with Crippen molar-refractivity contribution in [1.29, 1.82) is 0 Å². The molecule has 2 aliphatic rings. The second kappa shape index (κ2) is 10.3. The lowest BCUT2D eigenvalue weighted by Gasteiger charge is -2.15. The quantitative estimate of drug-likeness (QED) is 0.158. The highest BCUT2D eigenvalue weighted by molar-refractivity contribution is 14.2. The first kappa shape index (κ1) is 27.5. The molecule has 6 rings (SSSR count). The van der Waals surface area contributed by atoms with Crippen LogP contribution in [0, 0.1) is 12.8 Å². The van der Waals surface area contributed by atoms with E-state index in [9.17, 15) is 22.0 Å². The fraction of sp³-hybridized carbons (Fsp3) is 0.360. The third-order valence-electron chi connectivity index (χ3n) is 7.02. The number of carbonyl (C=O) groups is 1. The van der Waals surface area contributed by atoms with Gasteiger partial charge in [0.05, 0.1) is 34.9 Å². The number of pyridine rings is 1. The summed E-state index contributed by atoms with van der Waals surface area (Å²) in [5.74, 6) is -0.577. The van der Waals surface area contributed by atoms with Gasteiger partial charge in [-0.3, -0.25) is 13.8 Å². The number of rotatable bonds is 9. The van der Waals surface area contributed by atoms with Crippen LogP contribution in [0.25, 0.3) is 22.3 Å². The number of nitrogens with one attached hydrogen (secondary N) is 2. The van der Waals surface area contributed by atoms with Gasteiger partial charge in [0.1, 0.15) is 11.3 Å². The largest absolute Gasteiger partial charge is 0.352 e. The van der Waals surface area contributed by atoms with Gasteiger partial charge in [0.15, 0.2) is 21.3 Å². The Balaban J connectivity index is 1.45. The lowest BCUT2D eigenvalue weighted by Crippen LogP contribution is -2.14. The number of alkyl halides is 2. The molecule has 0 radical (unpaired) electrons. The number of aromatic nitrogens is 5. The van der Waals surface area contributed by atoms with Gasteiger partial charge < -0.3 is 10.6 Å². The maximum Gasteiger partial charge on any atom is 0.295 e. The molecule has 0 saturated heterocycles. The molecule has 2 aliphatic carbocycles. The standard InChI is InChI=1S/C25H25F2IN7O3PS/c1-12-16(11-29-34(12)15-6-7-15)14-5-8-17(19(9-14)40(2,37)38)30-18-10-20(32-25(36)13-3-4-13)31-23-21(18)33-24(22(26)27)35(23)39-28/h5,8-11,13,15,22,39H,3-4,6-7H2,1-2H3,(H2,30,31,32,36). The van der Waals surface area contributed by atoms with Gasteiger partial charge in [-0.05, 0) is 72.3 Å². The lowest BCUT2D eigenvalue weighted by molar-refractivity contribution is -0.117. The van der Waals surface area contributed by atoms with Crippen LogP contribution in [0.15, 0.2) is 35.4 Å². The zero-order chi connectivity index (χ0) is 28.3. The molecule has 4 aromatic rings. The van der Waals surface area contributed by atoms with Gasteiger partial charge in [-0.25, -0.2) is 27.2 Å². The monoisotopic (exact) mass is 699 g/mol. The number of hydrogen-bond donors (Lipinski definition) is 2. The van der Waals surface area contributed by atoms with Gasteiger partial charge in [-0.15, -0.1) is 0 Å². The molecule has 2 saturated carbocycles. The molecular weight excluding hydrogens is 674 g/mol. The van der Waals surface area contributed by atoms with Crippen molar-refractivity contribution in [2.75, 3.05) is 16.9 Å². The van der Waals surface area contributed by atoms with Gasteiger partial charge in [-0.1, -0.05) is 6.07 Å². The van der Waals surface area contributed by atoms with Crippen LogP contribution in [-0.2, 0) is 14.6 Å². The molecule has 0 aliphatic heterocycles. The molecule has 3 aromatic heterocycles. The van der Waals surface area contributed by atoms with E-state index in [0.29, 0.717) is 11.6 Å². The molecule has 1 amide bonds. The number of anilines is 3. The summed E-state index contributed by atoms with van der Waals surface area (Å²) in [4.78, 5) is 21.1. The van der Waals surface area contributed by atoms with Crippen LogP contribution < -0.4 is 10.6 Å². The molecule has 1 aromatic carbocycles. The first-order valence-electron chi connectivity index (χ1n) is 12.6. The van der Waals surface area contributed by atoms with Crippen LogP contribution in [0.2, 0.25) is 0 Å². The normalized spacial score (nSPS) is 15.9. The first-order chi connectivity index (χ1) is 19.0. The van der Waals surface area contributed by atoms with Gasteiger partial charge in [-0.2, -0.15) is 5.10 Å². The minimum Gasteiger partial charge on any atom is -0.352 e. The second-order valence-electron chi connectivity index (χ2n) is 10.1. The molecule has 10 nitrogen and oxygen atoms in total. The Morgan fingerprint density at radius 2 is 1.90 bits per heavy atom. The average molecular weight is 699 g/mol. The summed E-state index contributed by atoms with van der Waals surface area (Å²) in [6, 6.07) is 6.90. The Morgan fingerprint density at radius 3 is 2.52 bits per heavy atom. The van der Waals surface area contributed by atoms with E-state index in [2.05, 4.69) is 25.7 Å². The highest BCUT2D eigenvalue weighted by atomic mass is 127. The topological polar surface area (TPSA) is 124 Å². The molecule has 1 atom stereocenters. The average Bonchev–Trinajstić information content (AvgIpc) is 3.83. The van der Waals surface area contributed by atoms with Crippen LogP contribution >= 0.6 is 28.4 Å². The van der Waals surface area contributed by atoms with Crippen molar-refractivity contribution >= 4 is 72.5 Å². The van der Waals surface area contributed by atoms with E-state index < -0.39 is 22.1 Å². The molecule has 0 spiro atoms. The molecule has 210 valence electrons. The Morgan fingerprint density at radius 1 is 1.15 bits per heavy atom. The minimum atomic E-state index is -3.72. The van der Waals surface area contributed by atoms with Crippen molar-refractivity contribution < 1.29 is 22.0 Å². The maximum atomic E-state index is 13.9. The SMILES string of the molecule is Cc1c(-c2ccc(Nc3cc(NC(=O)C4CC4)nc4c3nc(C(F)F)n4PI)c(S(C)(=O)=O)c2)cnn1C1CC1. The van der Waals surface area contributed by atoms with Gasteiger partial charge in [0.25, 0.3) is 6.43 Å². The van der Waals surface area contributed by atoms with Crippen LogP contribution in [0.3, 0.4) is 0 Å². The molecule has 40 heavy (non-hydrogen) atoms. The summed E-state index contributed by atoms with van der Waals surface area (Å²) < 4.78 is 56.9. The zero-order valence-corrected chi connectivity index (χ0v) is 25.4. The molecule has 15 heteroatoms. The number of benzene rings is 1. The van der Waals surface area contributed by atoms with Crippen molar-refractivity contribution in [2.24, 2.45) is 5.92 Å². The number of fused-ring (bicyclic) bond motifs is 1. The Bertz CT molecular complexity index is 1770. The number of imidazole rings is 1. The highest BCUT2D eigenvalue weighted by Crippen LogP contribution is 2.41. The smallest absolute Gasteiger partial charge is 0.295 e. The first-order valence-corrected chi connectivity index (χ1v) is 18.5. The van der Waals surface area contributed by atoms with E-state index in [1.807, 2.05) is 33.6 Å². The van der Waals surface area contributed by atoms with Crippen LogP contribution in [-0.4, -0.2) is 44.7 Å². The Hall–Kier alpha value is -2.71. The summed E-state index contributed by atoms with van der Waals surface area (Å²) in [6.45, 7) is 1.96. The lowest BCUT2D eigenvalue weighted by atomic mass is 10.1. The number of amides is 1. The predicted octanol–water partition coefficient (Wildman–Crippen LogP) is 6.16. The van der Waals surface area contributed by atoms with E-state index in [-0.39, 0.29) is 51.5 Å². The zero-order valence-electron chi connectivity index (χ0n) is 21.5. The summed E-state index contributed by atoms with van der Waals surface area (Å²) in [6.07, 6.45) is 3.60. The van der Waals surface area contributed by atoms with E-state index in [4.69, 9.17) is 0 Å².